The highest BCUT2D eigenvalue weighted by Gasteiger charge is 2.22. The van der Waals surface area contributed by atoms with Gasteiger partial charge in [-0.25, -0.2) is 0 Å². The SMILES string of the molecule is CCCNC(CC)Cc1nc(C2CCCCS2)no1. The van der Waals surface area contributed by atoms with E-state index in [0.29, 0.717) is 11.3 Å². The molecule has 2 unspecified atom stereocenters. The van der Waals surface area contributed by atoms with E-state index in [-0.39, 0.29) is 0 Å². The third-order valence-corrected chi connectivity index (χ3v) is 4.92. The van der Waals surface area contributed by atoms with Crippen molar-refractivity contribution in [1.82, 2.24) is 15.5 Å². The van der Waals surface area contributed by atoms with E-state index in [0.717, 1.165) is 37.5 Å². The van der Waals surface area contributed by atoms with Crippen LogP contribution in [0.15, 0.2) is 4.52 Å². The third kappa shape index (κ3) is 4.49. The molecule has 1 aliphatic heterocycles. The molecule has 5 heteroatoms. The van der Waals surface area contributed by atoms with Crippen LogP contribution in [-0.2, 0) is 6.42 Å². The summed E-state index contributed by atoms with van der Waals surface area (Å²) in [6.07, 6.45) is 6.90. The Morgan fingerprint density at radius 1 is 1.42 bits per heavy atom. The number of hydrogen-bond acceptors (Lipinski definition) is 5. The number of nitrogens with one attached hydrogen (secondary N) is 1. The van der Waals surface area contributed by atoms with Gasteiger partial charge in [-0.1, -0.05) is 25.4 Å². The number of hydrogen-bond donors (Lipinski definition) is 1. The minimum atomic E-state index is 0.451. The van der Waals surface area contributed by atoms with Gasteiger partial charge in [0.2, 0.25) is 5.89 Å². The van der Waals surface area contributed by atoms with Gasteiger partial charge in [-0.3, -0.25) is 0 Å². The highest BCUT2D eigenvalue weighted by molar-refractivity contribution is 7.99. The predicted octanol–water partition coefficient (Wildman–Crippen LogP) is 3.35. The molecule has 2 heterocycles. The molecule has 0 amide bonds. The van der Waals surface area contributed by atoms with Crippen molar-refractivity contribution in [1.29, 1.82) is 0 Å². The van der Waals surface area contributed by atoms with Crippen molar-refractivity contribution in [2.24, 2.45) is 0 Å². The summed E-state index contributed by atoms with van der Waals surface area (Å²) in [7, 11) is 0. The molecule has 1 fully saturated rings. The van der Waals surface area contributed by atoms with Crippen LogP contribution in [0.3, 0.4) is 0 Å². The largest absolute Gasteiger partial charge is 0.339 e. The van der Waals surface area contributed by atoms with Crippen LogP contribution in [0.4, 0.5) is 0 Å². The lowest BCUT2D eigenvalue weighted by Gasteiger charge is -2.17. The summed E-state index contributed by atoms with van der Waals surface area (Å²) in [6, 6.07) is 0.451. The molecule has 1 aliphatic rings. The van der Waals surface area contributed by atoms with Gasteiger partial charge in [-0.15, -0.1) is 0 Å². The zero-order valence-corrected chi connectivity index (χ0v) is 12.8. The Kier molecular flexibility index (Phi) is 6.17. The smallest absolute Gasteiger partial charge is 0.228 e. The molecule has 19 heavy (non-hydrogen) atoms. The molecule has 1 aromatic heterocycles. The summed E-state index contributed by atoms with van der Waals surface area (Å²) >= 11 is 1.97. The molecule has 1 N–H and O–H groups in total. The fourth-order valence-electron chi connectivity index (χ4n) is 2.35. The summed E-state index contributed by atoms with van der Waals surface area (Å²) in [5, 5.41) is 8.15. The van der Waals surface area contributed by atoms with E-state index in [4.69, 9.17) is 4.52 Å². The predicted molar refractivity (Wildman–Crippen MR) is 79.4 cm³/mol. The van der Waals surface area contributed by atoms with Crippen molar-refractivity contribution >= 4 is 11.8 Å². The van der Waals surface area contributed by atoms with Gasteiger partial charge in [0, 0.05) is 12.5 Å². The molecule has 0 aliphatic carbocycles. The second-order valence-corrected chi connectivity index (χ2v) is 6.48. The molecular formula is C14H25N3OS. The normalized spacial score (nSPS) is 21.5. The molecule has 4 nitrogen and oxygen atoms in total. The van der Waals surface area contributed by atoms with Crippen molar-refractivity contribution in [3.8, 4) is 0 Å². The number of nitrogens with zero attached hydrogens (tertiary/aromatic N) is 2. The number of thioether (sulfide) groups is 1. The molecule has 0 saturated carbocycles. The number of aromatic nitrogens is 2. The van der Waals surface area contributed by atoms with Crippen LogP contribution in [0.2, 0.25) is 0 Å². The average Bonchev–Trinajstić information content (AvgIpc) is 2.93. The second-order valence-electron chi connectivity index (χ2n) is 5.16. The van der Waals surface area contributed by atoms with Crippen LogP contribution in [0.5, 0.6) is 0 Å². The van der Waals surface area contributed by atoms with Crippen LogP contribution in [-0.4, -0.2) is 28.5 Å². The van der Waals surface area contributed by atoms with E-state index < -0.39 is 0 Å². The summed E-state index contributed by atoms with van der Waals surface area (Å²) in [6.45, 7) is 5.43. The Morgan fingerprint density at radius 3 is 3.00 bits per heavy atom. The zero-order chi connectivity index (χ0) is 13.5. The van der Waals surface area contributed by atoms with Gasteiger partial charge in [0.15, 0.2) is 5.82 Å². The Hall–Kier alpha value is -0.550. The number of rotatable bonds is 7. The van der Waals surface area contributed by atoms with Gasteiger partial charge >= 0.3 is 0 Å². The standard InChI is InChI=1S/C14H25N3OS/c1-3-8-15-11(4-2)10-13-16-14(17-18-13)12-7-5-6-9-19-12/h11-12,15H,3-10H2,1-2H3. The van der Waals surface area contributed by atoms with Crippen molar-refractivity contribution in [2.45, 2.75) is 63.7 Å². The molecule has 2 rings (SSSR count). The van der Waals surface area contributed by atoms with E-state index in [9.17, 15) is 0 Å². The quantitative estimate of drug-likeness (QED) is 0.831. The first kappa shape index (κ1) is 14.9. The van der Waals surface area contributed by atoms with Crippen LogP contribution in [0.25, 0.3) is 0 Å². The van der Waals surface area contributed by atoms with Gasteiger partial charge in [-0.2, -0.15) is 16.7 Å². The lowest BCUT2D eigenvalue weighted by molar-refractivity contribution is 0.349. The molecule has 0 radical (unpaired) electrons. The second kappa shape index (κ2) is 7.90. The first-order chi connectivity index (χ1) is 9.33. The van der Waals surface area contributed by atoms with Crippen LogP contribution in [0, 0.1) is 0 Å². The van der Waals surface area contributed by atoms with Gasteiger partial charge in [0.25, 0.3) is 0 Å². The van der Waals surface area contributed by atoms with E-state index in [1.165, 1.54) is 25.0 Å². The highest BCUT2D eigenvalue weighted by Crippen LogP contribution is 2.36. The van der Waals surface area contributed by atoms with Gasteiger partial charge in [0.05, 0.1) is 5.25 Å². The lowest BCUT2D eigenvalue weighted by Crippen LogP contribution is -2.31. The van der Waals surface area contributed by atoms with Gasteiger partial charge in [0.1, 0.15) is 0 Å². The van der Waals surface area contributed by atoms with Gasteiger partial charge in [-0.05, 0) is 38.0 Å². The van der Waals surface area contributed by atoms with E-state index >= 15 is 0 Å². The van der Waals surface area contributed by atoms with E-state index in [1.807, 2.05) is 11.8 Å². The maximum absolute atomic E-state index is 5.42. The summed E-state index contributed by atoms with van der Waals surface area (Å²) in [5.74, 6) is 2.92. The molecule has 0 aromatic carbocycles. The molecule has 1 saturated heterocycles. The summed E-state index contributed by atoms with van der Waals surface area (Å²) in [4.78, 5) is 4.59. The van der Waals surface area contributed by atoms with Crippen LogP contribution < -0.4 is 5.32 Å². The summed E-state index contributed by atoms with van der Waals surface area (Å²) < 4.78 is 5.42. The first-order valence-corrected chi connectivity index (χ1v) is 8.55. The van der Waals surface area contributed by atoms with Crippen molar-refractivity contribution < 1.29 is 4.52 Å². The van der Waals surface area contributed by atoms with E-state index in [2.05, 4.69) is 29.3 Å². The fraction of sp³-hybridized carbons (Fsp3) is 0.857. The van der Waals surface area contributed by atoms with Crippen LogP contribution >= 0.6 is 11.8 Å². The first-order valence-electron chi connectivity index (χ1n) is 7.51. The minimum absolute atomic E-state index is 0.451. The van der Waals surface area contributed by atoms with Gasteiger partial charge < -0.3 is 9.84 Å². The topological polar surface area (TPSA) is 51.0 Å². The molecule has 1 aromatic rings. The Balaban J connectivity index is 1.88. The molecule has 0 bridgehead atoms. The fourth-order valence-corrected chi connectivity index (χ4v) is 3.58. The van der Waals surface area contributed by atoms with E-state index in [1.54, 1.807) is 0 Å². The Labute approximate surface area is 120 Å². The maximum Gasteiger partial charge on any atom is 0.228 e. The molecule has 2 atom stereocenters. The third-order valence-electron chi connectivity index (χ3n) is 3.55. The van der Waals surface area contributed by atoms with Crippen molar-refractivity contribution in [2.75, 3.05) is 12.3 Å². The minimum Gasteiger partial charge on any atom is -0.339 e. The summed E-state index contributed by atoms with van der Waals surface area (Å²) in [5.41, 5.74) is 0. The highest BCUT2D eigenvalue weighted by atomic mass is 32.2. The molecular weight excluding hydrogens is 258 g/mol. The Morgan fingerprint density at radius 2 is 2.32 bits per heavy atom. The lowest BCUT2D eigenvalue weighted by atomic mass is 10.1. The van der Waals surface area contributed by atoms with Crippen molar-refractivity contribution in [3.05, 3.63) is 11.7 Å². The molecule has 0 spiro atoms. The molecule has 108 valence electrons. The zero-order valence-electron chi connectivity index (χ0n) is 12.0. The van der Waals surface area contributed by atoms with Crippen molar-refractivity contribution in [3.63, 3.8) is 0 Å². The average molecular weight is 283 g/mol. The van der Waals surface area contributed by atoms with Crippen LogP contribution in [0.1, 0.15) is 62.9 Å². The Bertz CT molecular complexity index is 363. The monoisotopic (exact) mass is 283 g/mol. The maximum atomic E-state index is 5.42.